The molecule has 2 aliphatic rings. The molecule has 2 aliphatic heterocycles. The summed E-state index contributed by atoms with van der Waals surface area (Å²) in [6, 6.07) is 10.7. The third kappa shape index (κ3) is 5.58. The number of piperazine rings is 1. The number of aliphatic imine (C=N–C) groups is 1. The van der Waals surface area contributed by atoms with Gasteiger partial charge in [-0.15, -0.1) is 0 Å². The van der Waals surface area contributed by atoms with Crippen LogP contribution >= 0.6 is 0 Å². The number of nitrogens with zero attached hydrogens (tertiary/aromatic N) is 3. The first kappa shape index (κ1) is 18.0. The van der Waals surface area contributed by atoms with Crippen molar-refractivity contribution in [2.24, 2.45) is 4.99 Å². The van der Waals surface area contributed by atoms with E-state index >= 15 is 0 Å². The zero-order chi connectivity index (χ0) is 17.3. The van der Waals surface area contributed by atoms with E-state index in [0.717, 1.165) is 71.3 Å². The van der Waals surface area contributed by atoms with Crippen molar-refractivity contribution in [3.8, 4) is 0 Å². The van der Waals surface area contributed by atoms with Crippen molar-refractivity contribution in [3.05, 3.63) is 47.5 Å². The van der Waals surface area contributed by atoms with Gasteiger partial charge in [0.2, 0.25) is 0 Å². The minimum absolute atomic E-state index is 0.771. The van der Waals surface area contributed by atoms with Gasteiger partial charge in [0, 0.05) is 46.3 Å². The molecular formula is C20H30N4O. The number of benzene rings is 1. The largest absolute Gasteiger partial charge is 0.377 e. The second kappa shape index (κ2) is 9.59. The van der Waals surface area contributed by atoms with Crippen LogP contribution in [0.25, 0.3) is 0 Å². The smallest absolute Gasteiger partial charge is 0.193 e. The van der Waals surface area contributed by atoms with Crippen molar-refractivity contribution in [1.82, 2.24) is 15.1 Å². The summed E-state index contributed by atoms with van der Waals surface area (Å²) in [5.41, 5.74) is 2.89. The first-order valence-corrected chi connectivity index (χ1v) is 9.32. The number of ether oxygens (including phenoxy) is 1. The molecule has 136 valence electrons. The zero-order valence-corrected chi connectivity index (χ0v) is 15.3. The average molecular weight is 342 g/mol. The van der Waals surface area contributed by atoms with Crippen LogP contribution in [-0.2, 0) is 11.3 Å². The maximum absolute atomic E-state index is 5.36. The quantitative estimate of drug-likeness (QED) is 0.505. The fourth-order valence-corrected chi connectivity index (χ4v) is 3.42. The summed E-state index contributed by atoms with van der Waals surface area (Å²) in [6.45, 7) is 7.85. The molecule has 2 heterocycles. The highest BCUT2D eigenvalue weighted by molar-refractivity contribution is 5.80. The minimum Gasteiger partial charge on any atom is -0.377 e. The van der Waals surface area contributed by atoms with Crippen LogP contribution in [0.3, 0.4) is 0 Å². The molecule has 0 radical (unpaired) electrons. The standard InChI is InChI=1S/C20H30N4O/c1-21-20(22-10-7-18-8-15-25-16-9-18)24-13-11-23(12-14-24)17-19-5-3-2-4-6-19/h2-6,8H,7,9-17H2,1H3,(H,21,22). The molecule has 1 saturated heterocycles. The Bertz CT molecular complexity index is 577. The molecule has 3 rings (SSSR count). The molecule has 0 aromatic heterocycles. The number of nitrogens with one attached hydrogen (secondary N) is 1. The molecule has 0 amide bonds. The highest BCUT2D eigenvalue weighted by Gasteiger charge is 2.19. The maximum atomic E-state index is 5.36. The monoisotopic (exact) mass is 342 g/mol. The van der Waals surface area contributed by atoms with Gasteiger partial charge in [0.25, 0.3) is 0 Å². The van der Waals surface area contributed by atoms with Gasteiger partial charge in [-0.05, 0) is 18.4 Å². The predicted molar refractivity (Wildman–Crippen MR) is 103 cm³/mol. The highest BCUT2D eigenvalue weighted by atomic mass is 16.5. The fourth-order valence-electron chi connectivity index (χ4n) is 3.42. The Hall–Kier alpha value is -1.85. The van der Waals surface area contributed by atoms with Crippen molar-refractivity contribution in [3.63, 3.8) is 0 Å². The van der Waals surface area contributed by atoms with Crippen molar-refractivity contribution < 1.29 is 4.74 Å². The number of hydrogen-bond acceptors (Lipinski definition) is 3. The Morgan fingerprint density at radius 1 is 1.16 bits per heavy atom. The van der Waals surface area contributed by atoms with Gasteiger partial charge in [0.15, 0.2) is 5.96 Å². The molecule has 0 aliphatic carbocycles. The topological polar surface area (TPSA) is 40.1 Å². The Morgan fingerprint density at radius 2 is 1.96 bits per heavy atom. The van der Waals surface area contributed by atoms with E-state index < -0.39 is 0 Å². The molecule has 0 saturated carbocycles. The number of guanidine groups is 1. The van der Waals surface area contributed by atoms with Gasteiger partial charge in [0.1, 0.15) is 0 Å². The molecular weight excluding hydrogens is 312 g/mol. The van der Waals surface area contributed by atoms with E-state index in [0.29, 0.717) is 0 Å². The van der Waals surface area contributed by atoms with E-state index in [2.05, 4.69) is 56.5 Å². The van der Waals surface area contributed by atoms with Crippen LogP contribution in [-0.4, -0.2) is 68.7 Å². The Morgan fingerprint density at radius 3 is 2.64 bits per heavy atom. The van der Waals surface area contributed by atoms with Crippen LogP contribution in [0.5, 0.6) is 0 Å². The van der Waals surface area contributed by atoms with Gasteiger partial charge in [-0.1, -0.05) is 42.0 Å². The summed E-state index contributed by atoms with van der Waals surface area (Å²) in [5.74, 6) is 1.03. The van der Waals surface area contributed by atoms with Crippen LogP contribution < -0.4 is 5.32 Å². The summed E-state index contributed by atoms with van der Waals surface area (Å²) >= 11 is 0. The third-order valence-corrected chi connectivity index (χ3v) is 4.92. The van der Waals surface area contributed by atoms with Crippen LogP contribution in [0.15, 0.2) is 47.0 Å². The van der Waals surface area contributed by atoms with E-state index in [1.54, 1.807) is 0 Å². The molecule has 1 N–H and O–H groups in total. The number of hydrogen-bond donors (Lipinski definition) is 1. The molecule has 0 unspecified atom stereocenters. The summed E-state index contributed by atoms with van der Waals surface area (Å²) in [5, 5.41) is 3.53. The summed E-state index contributed by atoms with van der Waals surface area (Å²) in [7, 11) is 1.88. The van der Waals surface area contributed by atoms with Crippen LogP contribution in [0, 0.1) is 0 Å². The van der Waals surface area contributed by atoms with Gasteiger partial charge in [-0.2, -0.15) is 0 Å². The Kier molecular flexibility index (Phi) is 6.89. The first-order valence-electron chi connectivity index (χ1n) is 9.32. The van der Waals surface area contributed by atoms with Crippen molar-refractivity contribution in [1.29, 1.82) is 0 Å². The lowest BCUT2D eigenvalue weighted by Gasteiger charge is -2.36. The second-order valence-corrected chi connectivity index (χ2v) is 6.66. The molecule has 5 nitrogen and oxygen atoms in total. The third-order valence-electron chi connectivity index (χ3n) is 4.92. The van der Waals surface area contributed by atoms with Crippen molar-refractivity contribution in [2.75, 3.05) is 53.0 Å². The lowest BCUT2D eigenvalue weighted by Crippen LogP contribution is -2.52. The van der Waals surface area contributed by atoms with Gasteiger partial charge >= 0.3 is 0 Å². The maximum Gasteiger partial charge on any atom is 0.193 e. The summed E-state index contributed by atoms with van der Waals surface area (Å²) < 4.78 is 5.36. The molecule has 1 fully saturated rings. The van der Waals surface area contributed by atoms with E-state index in [-0.39, 0.29) is 0 Å². The molecule has 1 aromatic carbocycles. The molecule has 5 heteroatoms. The van der Waals surface area contributed by atoms with Crippen LogP contribution in [0.4, 0.5) is 0 Å². The van der Waals surface area contributed by atoms with E-state index in [9.17, 15) is 0 Å². The highest BCUT2D eigenvalue weighted by Crippen LogP contribution is 2.11. The average Bonchev–Trinajstić information content (AvgIpc) is 2.68. The van der Waals surface area contributed by atoms with Gasteiger partial charge < -0.3 is 15.0 Å². The molecule has 0 bridgehead atoms. The molecule has 0 spiro atoms. The van der Waals surface area contributed by atoms with E-state index in [1.807, 2.05) is 7.05 Å². The van der Waals surface area contributed by atoms with Gasteiger partial charge in [0.05, 0.1) is 13.2 Å². The fraction of sp³-hybridized carbons (Fsp3) is 0.550. The Balaban J connectivity index is 1.40. The van der Waals surface area contributed by atoms with Crippen LogP contribution in [0.2, 0.25) is 0 Å². The second-order valence-electron chi connectivity index (χ2n) is 6.66. The van der Waals surface area contributed by atoms with Crippen LogP contribution in [0.1, 0.15) is 18.4 Å². The van der Waals surface area contributed by atoms with E-state index in [1.165, 1.54) is 11.1 Å². The molecule has 1 aromatic rings. The first-order chi connectivity index (χ1) is 12.3. The van der Waals surface area contributed by atoms with Crippen molar-refractivity contribution >= 4 is 5.96 Å². The summed E-state index contributed by atoms with van der Waals surface area (Å²) in [6.07, 6.45) is 4.37. The van der Waals surface area contributed by atoms with Crippen molar-refractivity contribution in [2.45, 2.75) is 19.4 Å². The molecule has 25 heavy (non-hydrogen) atoms. The van der Waals surface area contributed by atoms with E-state index in [4.69, 9.17) is 4.74 Å². The predicted octanol–water partition coefficient (Wildman–Crippen LogP) is 2.12. The minimum atomic E-state index is 0.771. The Labute approximate surface area is 151 Å². The lowest BCUT2D eigenvalue weighted by molar-refractivity contribution is 0.153. The normalized spacial score (nSPS) is 19.6. The number of rotatable bonds is 5. The van der Waals surface area contributed by atoms with Gasteiger partial charge in [-0.25, -0.2) is 0 Å². The SMILES string of the molecule is CN=C(NCCC1=CCOCC1)N1CCN(Cc2ccccc2)CC1. The van der Waals surface area contributed by atoms with Gasteiger partial charge in [-0.3, -0.25) is 9.89 Å². The molecule has 0 atom stereocenters. The zero-order valence-electron chi connectivity index (χ0n) is 15.3. The summed E-state index contributed by atoms with van der Waals surface area (Å²) in [4.78, 5) is 9.37. The lowest BCUT2D eigenvalue weighted by atomic mass is 10.1.